The standard InChI is InChI=1S/C16H23BrN2O/c1-12-8-14(17)2-3-16(12)19-7-5-15(10-19)18-6-4-13(9-18)11-20/h2-3,8,13,15,20H,4-7,9-11H2,1H3. The first-order valence-electron chi connectivity index (χ1n) is 7.53. The number of halogens is 1. The number of benzene rings is 1. The molecule has 1 aromatic rings. The topological polar surface area (TPSA) is 26.7 Å². The second-order valence-electron chi connectivity index (χ2n) is 6.15. The van der Waals surface area contributed by atoms with Crippen LogP contribution < -0.4 is 4.90 Å². The molecule has 2 fully saturated rings. The van der Waals surface area contributed by atoms with Crippen LogP contribution in [0.3, 0.4) is 0 Å². The Bertz CT molecular complexity index is 480. The van der Waals surface area contributed by atoms with E-state index in [1.807, 2.05) is 0 Å². The molecule has 1 aromatic carbocycles. The van der Waals surface area contributed by atoms with Gasteiger partial charge in [0.25, 0.3) is 0 Å². The number of anilines is 1. The van der Waals surface area contributed by atoms with E-state index in [1.54, 1.807) is 0 Å². The Morgan fingerprint density at radius 3 is 2.80 bits per heavy atom. The number of aliphatic hydroxyl groups excluding tert-OH is 1. The summed E-state index contributed by atoms with van der Waals surface area (Å²) in [7, 11) is 0. The summed E-state index contributed by atoms with van der Waals surface area (Å²) in [6.07, 6.45) is 2.40. The monoisotopic (exact) mass is 338 g/mol. The molecule has 3 rings (SSSR count). The van der Waals surface area contributed by atoms with Crippen molar-refractivity contribution in [2.45, 2.75) is 25.8 Å². The van der Waals surface area contributed by atoms with E-state index >= 15 is 0 Å². The molecule has 0 saturated carbocycles. The highest BCUT2D eigenvalue weighted by Crippen LogP contribution is 2.30. The van der Waals surface area contributed by atoms with E-state index in [-0.39, 0.29) is 0 Å². The second-order valence-corrected chi connectivity index (χ2v) is 7.07. The summed E-state index contributed by atoms with van der Waals surface area (Å²) in [6, 6.07) is 7.21. The molecule has 2 unspecified atom stereocenters. The number of rotatable bonds is 3. The lowest BCUT2D eigenvalue weighted by atomic mass is 10.1. The number of nitrogens with zero attached hydrogens (tertiary/aromatic N) is 2. The van der Waals surface area contributed by atoms with Gasteiger partial charge in [-0.15, -0.1) is 0 Å². The molecular formula is C16H23BrN2O. The molecule has 0 aromatic heterocycles. The predicted molar refractivity (Wildman–Crippen MR) is 86.3 cm³/mol. The third-order valence-electron chi connectivity index (χ3n) is 4.75. The molecule has 2 heterocycles. The van der Waals surface area contributed by atoms with E-state index in [9.17, 15) is 5.11 Å². The average Bonchev–Trinajstić information content (AvgIpc) is 3.07. The van der Waals surface area contributed by atoms with Crippen LogP contribution in [-0.2, 0) is 0 Å². The van der Waals surface area contributed by atoms with E-state index in [4.69, 9.17) is 0 Å². The molecule has 2 saturated heterocycles. The van der Waals surface area contributed by atoms with Crippen molar-refractivity contribution < 1.29 is 5.11 Å². The smallest absolute Gasteiger partial charge is 0.0471 e. The minimum absolute atomic E-state index is 0.346. The summed E-state index contributed by atoms with van der Waals surface area (Å²) in [5, 5.41) is 9.28. The first kappa shape index (κ1) is 14.4. The number of aryl methyl sites for hydroxylation is 1. The third-order valence-corrected chi connectivity index (χ3v) is 5.25. The van der Waals surface area contributed by atoms with Crippen LogP contribution in [0.25, 0.3) is 0 Å². The molecule has 0 radical (unpaired) electrons. The highest BCUT2D eigenvalue weighted by Gasteiger charge is 2.32. The Morgan fingerprint density at radius 1 is 1.25 bits per heavy atom. The van der Waals surface area contributed by atoms with Gasteiger partial charge in [-0.1, -0.05) is 15.9 Å². The Balaban J connectivity index is 1.65. The number of likely N-dealkylation sites (tertiary alicyclic amines) is 1. The summed E-state index contributed by atoms with van der Waals surface area (Å²) in [5.74, 6) is 0.499. The summed E-state index contributed by atoms with van der Waals surface area (Å²) in [4.78, 5) is 5.09. The van der Waals surface area contributed by atoms with Crippen molar-refractivity contribution in [3.8, 4) is 0 Å². The highest BCUT2D eigenvalue weighted by molar-refractivity contribution is 9.10. The summed E-state index contributed by atoms with van der Waals surface area (Å²) in [6.45, 7) is 7.04. The molecule has 4 heteroatoms. The van der Waals surface area contributed by atoms with Gasteiger partial charge in [0.1, 0.15) is 0 Å². The van der Waals surface area contributed by atoms with Crippen LogP contribution in [-0.4, -0.2) is 48.8 Å². The molecule has 0 spiro atoms. The average molecular weight is 339 g/mol. The Labute approximate surface area is 129 Å². The molecule has 0 amide bonds. The van der Waals surface area contributed by atoms with Gasteiger partial charge in [-0.3, -0.25) is 4.90 Å². The molecule has 0 bridgehead atoms. The lowest BCUT2D eigenvalue weighted by Crippen LogP contribution is -2.36. The number of hydrogen-bond acceptors (Lipinski definition) is 3. The van der Waals surface area contributed by atoms with Crippen LogP contribution in [0.1, 0.15) is 18.4 Å². The van der Waals surface area contributed by atoms with E-state index in [1.165, 1.54) is 17.7 Å². The van der Waals surface area contributed by atoms with Crippen molar-refractivity contribution in [1.82, 2.24) is 4.90 Å². The fraction of sp³-hybridized carbons (Fsp3) is 0.625. The van der Waals surface area contributed by atoms with Crippen LogP contribution in [0.4, 0.5) is 5.69 Å². The number of aliphatic hydroxyl groups is 1. The summed E-state index contributed by atoms with van der Waals surface area (Å²) in [5.41, 5.74) is 2.71. The SMILES string of the molecule is Cc1cc(Br)ccc1N1CCC(N2CCC(CO)C2)C1. The highest BCUT2D eigenvalue weighted by atomic mass is 79.9. The van der Waals surface area contributed by atoms with Crippen LogP contribution >= 0.6 is 15.9 Å². The Hall–Kier alpha value is -0.580. The van der Waals surface area contributed by atoms with E-state index in [0.29, 0.717) is 18.6 Å². The fourth-order valence-electron chi connectivity index (χ4n) is 3.58. The zero-order valence-corrected chi connectivity index (χ0v) is 13.6. The zero-order chi connectivity index (χ0) is 14.1. The van der Waals surface area contributed by atoms with Crippen molar-refractivity contribution in [1.29, 1.82) is 0 Å². The zero-order valence-electron chi connectivity index (χ0n) is 12.1. The maximum Gasteiger partial charge on any atom is 0.0471 e. The van der Waals surface area contributed by atoms with E-state index < -0.39 is 0 Å². The first-order chi connectivity index (χ1) is 9.67. The minimum Gasteiger partial charge on any atom is -0.396 e. The van der Waals surface area contributed by atoms with Gasteiger partial charge in [0.15, 0.2) is 0 Å². The second kappa shape index (κ2) is 6.04. The van der Waals surface area contributed by atoms with Gasteiger partial charge in [-0.25, -0.2) is 0 Å². The van der Waals surface area contributed by atoms with Gasteiger partial charge in [-0.05, 0) is 56.0 Å². The van der Waals surface area contributed by atoms with Gasteiger partial charge in [0.05, 0.1) is 0 Å². The van der Waals surface area contributed by atoms with Crippen LogP contribution in [0.2, 0.25) is 0 Å². The molecule has 2 aliphatic heterocycles. The van der Waals surface area contributed by atoms with Crippen LogP contribution in [0.15, 0.2) is 22.7 Å². The van der Waals surface area contributed by atoms with Crippen molar-refractivity contribution in [2.75, 3.05) is 37.7 Å². The summed E-state index contributed by atoms with van der Waals surface area (Å²) >= 11 is 3.53. The molecule has 110 valence electrons. The molecule has 3 nitrogen and oxygen atoms in total. The minimum atomic E-state index is 0.346. The maximum atomic E-state index is 9.28. The van der Waals surface area contributed by atoms with E-state index in [0.717, 1.165) is 37.1 Å². The van der Waals surface area contributed by atoms with Crippen LogP contribution in [0.5, 0.6) is 0 Å². The molecule has 2 atom stereocenters. The molecule has 20 heavy (non-hydrogen) atoms. The van der Waals surface area contributed by atoms with Crippen molar-refractivity contribution in [2.24, 2.45) is 5.92 Å². The molecule has 2 aliphatic rings. The van der Waals surface area contributed by atoms with Gasteiger partial charge >= 0.3 is 0 Å². The Morgan fingerprint density at radius 2 is 2.10 bits per heavy atom. The number of hydrogen-bond donors (Lipinski definition) is 1. The third kappa shape index (κ3) is 2.87. The first-order valence-corrected chi connectivity index (χ1v) is 8.32. The lowest BCUT2D eigenvalue weighted by molar-refractivity contribution is 0.204. The Kier molecular flexibility index (Phi) is 4.34. The normalized spacial score (nSPS) is 27.4. The van der Waals surface area contributed by atoms with E-state index in [2.05, 4.69) is 50.9 Å². The largest absolute Gasteiger partial charge is 0.396 e. The van der Waals surface area contributed by atoms with Gasteiger partial charge in [0.2, 0.25) is 0 Å². The fourth-order valence-corrected chi connectivity index (χ4v) is 4.05. The summed E-state index contributed by atoms with van der Waals surface area (Å²) < 4.78 is 1.15. The predicted octanol–water partition coefficient (Wildman–Crippen LogP) is 2.65. The van der Waals surface area contributed by atoms with Gasteiger partial charge in [-0.2, -0.15) is 0 Å². The van der Waals surface area contributed by atoms with Crippen molar-refractivity contribution in [3.05, 3.63) is 28.2 Å². The van der Waals surface area contributed by atoms with Gasteiger partial charge < -0.3 is 10.0 Å². The lowest BCUT2D eigenvalue weighted by Gasteiger charge is -2.25. The maximum absolute atomic E-state index is 9.28. The van der Waals surface area contributed by atoms with Crippen molar-refractivity contribution in [3.63, 3.8) is 0 Å². The van der Waals surface area contributed by atoms with Crippen LogP contribution in [0, 0.1) is 12.8 Å². The quantitative estimate of drug-likeness (QED) is 0.917. The molecular weight excluding hydrogens is 316 g/mol. The van der Waals surface area contributed by atoms with Crippen molar-refractivity contribution >= 4 is 21.6 Å². The van der Waals surface area contributed by atoms with Gasteiger partial charge in [0, 0.05) is 42.4 Å². The molecule has 1 N–H and O–H groups in total. The molecule has 0 aliphatic carbocycles.